The first-order valence-electron chi connectivity index (χ1n) is 4.99. The third-order valence-corrected chi connectivity index (χ3v) is 3.15. The van der Waals surface area contributed by atoms with E-state index in [1.54, 1.807) is 6.20 Å². The Morgan fingerprint density at radius 2 is 2.11 bits per heavy atom. The van der Waals surface area contributed by atoms with Gasteiger partial charge in [-0.15, -0.1) is 0 Å². The monoisotopic (exact) mass is 274 g/mol. The predicted octanol–water partition coefficient (Wildman–Crippen LogP) is 3.07. The molecule has 1 aromatic carbocycles. The summed E-state index contributed by atoms with van der Waals surface area (Å²) in [6.07, 6.45) is -1.36. The largest absolute Gasteiger partial charge is 0.416 e. The highest BCUT2D eigenvalue weighted by Gasteiger charge is 2.33. The van der Waals surface area contributed by atoms with Gasteiger partial charge in [-0.3, -0.25) is 0 Å². The van der Waals surface area contributed by atoms with E-state index in [4.69, 9.17) is 5.11 Å². The number of nitrogens with one attached hydrogen (secondary N) is 1. The smallest absolute Gasteiger partial charge is 0.392 e. The average Bonchev–Trinajstić information content (AvgIpc) is 2.80. The first kappa shape index (κ1) is 13.0. The Morgan fingerprint density at radius 1 is 1.33 bits per heavy atom. The fourth-order valence-corrected chi connectivity index (χ4v) is 2.22. The van der Waals surface area contributed by atoms with Crippen LogP contribution in [0.25, 0.3) is 0 Å². The third kappa shape index (κ3) is 2.85. The number of benzene rings is 1. The quantitative estimate of drug-likeness (QED) is 0.904. The van der Waals surface area contributed by atoms with Crippen molar-refractivity contribution in [1.82, 2.24) is 9.97 Å². The van der Waals surface area contributed by atoms with Crippen LogP contribution in [0.5, 0.6) is 0 Å². The van der Waals surface area contributed by atoms with Crippen molar-refractivity contribution in [3.05, 3.63) is 41.7 Å². The molecule has 1 aromatic heterocycles. The number of halogens is 3. The summed E-state index contributed by atoms with van der Waals surface area (Å²) in [6.45, 7) is -0.638. The number of aromatic amines is 1. The van der Waals surface area contributed by atoms with Crippen molar-refractivity contribution in [2.75, 3.05) is 0 Å². The molecule has 7 heteroatoms. The lowest BCUT2D eigenvalue weighted by atomic mass is 10.1. The molecule has 1 heterocycles. The molecule has 0 radical (unpaired) electrons. The lowest BCUT2D eigenvalue weighted by molar-refractivity contribution is -0.138. The molecule has 0 aliphatic heterocycles. The summed E-state index contributed by atoms with van der Waals surface area (Å²) >= 11 is 1.10. The van der Waals surface area contributed by atoms with Crippen LogP contribution in [-0.4, -0.2) is 15.1 Å². The summed E-state index contributed by atoms with van der Waals surface area (Å²) in [5.74, 6) is 0. The van der Waals surface area contributed by atoms with Crippen LogP contribution >= 0.6 is 11.8 Å². The Hall–Kier alpha value is -1.47. The van der Waals surface area contributed by atoms with Crippen molar-refractivity contribution in [2.24, 2.45) is 0 Å². The fraction of sp³-hybridized carbons (Fsp3) is 0.182. The molecular weight excluding hydrogens is 265 g/mol. The standard InChI is InChI=1S/C11H9F3N2OS/c12-11(13,14)9-5-8(2-1-7(9)6-17)18-10-15-3-4-16-10/h1-5,17H,6H2,(H,15,16). The van der Waals surface area contributed by atoms with Crippen LogP contribution < -0.4 is 0 Å². The Kier molecular flexibility index (Phi) is 3.63. The van der Waals surface area contributed by atoms with Gasteiger partial charge in [0.1, 0.15) is 0 Å². The summed E-state index contributed by atoms with van der Waals surface area (Å²) in [5.41, 5.74) is -0.951. The number of nitrogens with zero attached hydrogens (tertiary/aromatic N) is 1. The molecule has 0 saturated heterocycles. The molecule has 18 heavy (non-hydrogen) atoms. The van der Waals surface area contributed by atoms with Gasteiger partial charge in [0.2, 0.25) is 0 Å². The number of aliphatic hydroxyl groups excluding tert-OH is 1. The van der Waals surface area contributed by atoms with Crippen molar-refractivity contribution in [3.8, 4) is 0 Å². The summed E-state index contributed by atoms with van der Waals surface area (Å²) < 4.78 is 38.3. The first-order chi connectivity index (χ1) is 8.50. The minimum Gasteiger partial charge on any atom is -0.392 e. The first-order valence-corrected chi connectivity index (χ1v) is 5.80. The molecule has 0 atom stereocenters. The van der Waals surface area contributed by atoms with E-state index >= 15 is 0 Å². The fourth-order valence-electron chi connectivity index (χ4n) is 1.44. The van der Waals surface area contributed by atoms with Gasteiger partial charge in [-0.2, -0.15) is 13.2 Å². The average molecular weight is 274 g/mol. The maximum Gasteiger partial charge on any atom is 0.416 e. The SMILES string of the molecule is OCc1ccc(Sc2ncc[nH]2)cc1C(F)(F)F. The predicted molar refractivity (Wildman–Crippen MR) is 60.1 cm³/mol. The topological polar surface area (TPSA) is 48.9 Å². The van der Waals surface area contributed by atoms with Gasteiger partial charge in [-0.25, -0.2) is 4.98 Å². The van der Waals surface area contributed by atoms with Crippen LogP contribution in [0.3, 0.4) is 0 Å². The van der Waals surface area contributed by atoms with Gasteiger partial charge in [0.25, 0.3) is 0 Å². The Balaban J connectivity index is 2.34. The zero-order chi connectivity index (χ0) is 13.2. The van der Waals surface area contributed by atoms with Crippen LogP contribution in [0.4, 0.5) is 13.2 Å². The van der Waals surface area contributed by atoms with E-state index in [1.165, 1.54) is 18.3 Å². The minimum absolute atomic E-state index is 0.133. The summed E-state index contributed by atoms with van der Waals surface area (Å²) in [6, 6.07) is 3.81. The number of imidazole rings is 1. The van der Waals surface area contributed by atoms with Gasteiger partial charge in [-0.1, -0.05) is 17.8 Å². The molecule has 2 aromatic rings. The highest BCUT2D eigenvalue weighted by atomic mass is 32.2. The Morgan fingerprint density at radius 3 is 2.67 bits per heavy atom. The lowest BCUT2D eigenvalue weighted by Crippen LogP contribution is -2.09. The third-order valence-electron chi connectivity index (χ3n) is 2.24. The normalized spacial score (nSPS) is 11.8. The Bertz CT molecular complexity index is 526. The summed E-state index contributed by atoms with van der Waals surface area (Å²) in [7, 11) is 0. The van der Waals surface area contributed by atoms with Crippen molar-refractivity contribution in [2.45, 2.75) is 22.8 Å². The zero-order valence-electron chi connectivity index (χ0n) is 9.03. The van der Waals surface area contributed by atoms with E-state index in [9.17, 15) is 13.2 Å². The molecule has 0 bridgehead atoms. The maximum absolute atomic E-state index is 12.8. The molecular formula is C11H9F3N2OS. The molecule has 2 rings (SSSR count). The molecule has 2 N–H and O–H groups in total. The molecule has 0 amide bonds. The molecule has 0 saturated carbocycles. The molecule has 0 aliphatic rings. The second-order valence-corrected chi connectivity index (χ2v) is 4.53. The van der Waals surface area contributed by atoms with Gasteiger partial charge in [0.05, 0.1) is 12.2 Å². The molecule has 0 fully saturated rings. The minimum atomic E-state index is -4.47. The number of aromatic nitrogens is 2. The van der Waals surface area contributed by atoms with E-state index in [0.29, 0.717) is 10.1 Å². The van der Waals surface area contributed by atoms with Gasteiger partial charge in [0.15, 0.2) is 5.16 Å². The van der Waals surface area contributed by atoms with Crippen molar-refractivity contribution >= 4 is 11.8 Å². The van der Waals surface area contributed by atoms with Crippen LogP contribution in [0.1, 0.15) is 11.1 Å². The number of hydrogen-bond donors (Lipinski definition) is 2. The molecule has 96 valence electrons. The van der Waals surface area contributed by atoms with Gasteiger partial charge < -0.3 is 10.1 Å². The number of alkyl halides is 3. The van der Waals surface area contributed by atoms with Crippen LogP contribution in [0, 0.1) is 0 Å². The molecule has 0 spiro atoms. The molecule has 0 aliphatic carbocycles. The maximum atomic E-state index is 12.8. The van der Waals surface area contributed by atoms with E-state index in [0.717, 1.165) is 17.8 Å². The van der Waals surface area contributed by atoms with Crippen LogP contribution in [-0.2, 0) is 12.8 Å². The second-order valence-electron chi connectivity index (χ2n) is 3.47. The zero-order valence-corrected chi connectivity index (χ0v) is 9.85. The van der Waals surface area contributed by atoms with E-state index in [1.807, 2.05) is 0 Å². The Labute approximate surface area is 105 Å². The number of aliphatic hydroxyl groups is 1. The van der Waals surface area contributed by atoms with Crippen LogP contribution in [0.2, 0.25) is 0 Å². The molecule has 0 unspecified atom stereocenters. The van der Waals surface area contributed by atoms with Gasteiger partial charge >= 0.3 is 6.18 Å². The van der Waals surface area contributed by atoms with Gasteiger partial charge in [-0.05, 0) is 17.7 Å². The van der Waals surface area contributed by atoms with Crippen molar-refractivity contribution in [3.63, 3.8) is 0 Å². The lowest BCUT2D eigenvalue weighted by Gasteiger charge is -2.12. The highest BCUT2D eigenvalue weighted by molar-refractivity contribution is 7.99. The number of hydrogen-bond acceptors (Lipinski definition) is 3. The van der Waals surface area contributed by atoms with E-state index in [2.05, 4.69) is 9.97 Å². The van der Waals surface area contributed by atoms with Gasteiger partial charge in [0, 0.05) is 17.3 Å². The van der Waals surface area contributed by atoms with Crippen molar-refractivity contribution < 1.29 is 18.3 Å². The second kappa shape index (κ2) is 5.03. The van der Waals surface area contributed by atoms with E-state index in [-0.39, 0.29) is 5.56 Å². The summed E-state index contributed by atoms with van der Waals surface area (Å²) in [5, 5.41) is 9.42. The van der Waals surface area contributed by atoms with Crippen LogP contribution in [0.15, 0.2) is 40.6 Å². The summed E-state index contributed by atoms with van der Waals surface area (Å²) in [4.78, 5) is 7.13. The number of H-pyrrole nitrogens is 1. The number of rotatable bonds is 3. The van der Waals surface area contributed by atoms with E-state index < -0.39 is 18.3 Å². The van der Waals surface area contributed by atoms with Crippen molar-refractivity contribution in [1.29, 1.82) is 0 Å². The highest BCUT2D eigenvalue weighted by Crippen LogP contribution is 2.35. The molecule has 3 nitrogen and oxygen atoms in total.